The van der Waals surface area contributed by atoms with Gasteiger partial charge in [0.05, 0.1) is 24.6 Å². The summed E-state index contributed by atoms with van der Waals surface area (Å²) in [6.07, 6.45) is 6.65. The summed E-state index contributed by atoms with van der Waals surface area (Å²) >= 11 is 0. The second-order valence-electron chi connectivity index (χ2n) is 4.06. The van der Waals surface area contributed by atoms with Crippen molar-refractivity contribution in [3.63, 3.8) is 0 Å². The van der Waals surface area contributed by atoms with Gasteiger partial charge in [-0.2, -0.15) is 0 Å². The molecule has 98 valence electrons. The number of methoxy groups -OCH3 is 1. The number of benzene rings is 1. The van der Waals surface area contributed by atoms with Gasteiger partial charge in [-0.3, -0.25) is 9.97 Å². The van der Waals surface area contributed by atoms with Crippen LogP contribution in [0.4, 0.5) is 0 Å². The molecule has 2 heterocycles. The Bertz CT molecular complexity index is 716. The van der Waals surface area contributed by atoms with Gasteiger partial charge in [0, 0.05) is 18.6 Å². The summed E-state index contributed by atoms with van der Waals surface area (Å²) in [5.41, 5.74) is 2.29. The monoisotopic (exact) mass is 264 g/mol. The van der Waals surface area contributed by atoms with Crippen molar-refractivity contribution in [2.45, 2.75) is 0 Å². The molecule has 0 radical (unpaired) electrons. The average Bonchev–Trinajstić information content (AvgIpc) is 2.56. The lowest BCUT2D eigenvalue weighted by Crippen LogP contribution is -1.95. The van der Waals surface area contributed by atoms with Crippen LogP contribution in [-0.2, 0) is 0 Å². The van der Waals surface area contributed by atoms with Gasteiger partial charge in [-0.05, 0) is 18.2 Å². The quantitative estimate of drug-likeness (QED) is 0.727. The Kier molecular flexibility index (Phi) is 3.33. The van der Waals surface area contributed by atoms with Crippen LogP contribution in [0, 0.1) is 0 Å². The molecule has 0 spiro atoms. The largest absolute Gasteiger partial charge is 0.496 e. The van der Waals surface area contributed by atoms with Gasteiger partial charge in [0.25, 0.3) is 0 Å². The van der Waals surface area contributed by atoms with Crippen molar-refractivity contribution in [3.8, 4) is 28.5 Å². The fourth-order valence-corrected chi connectivity index (χ4v) is 1.89. The van der Waals surface area contributed by atoms with E-state index in [0.717, 1.165) is 17.0 Å². The van der Waals surface area contributed by atoms with Crippen molar-refractivity contribution < 1.29 is 4.74 Å². The zero-order valence-electron chi connectivity index (χ0n) is 10.9. The summed E-state index contributed by atoms with van der Waals surface area (Å²) in [5, 5.41) is 0. The molecule has 3 aromatic rings. The number of nitrogens with zero attached hydrogens (tertiary/aromatic N) is 4. The van der Waals surface area contributed by atoms with E-state index in [1.165, 1.54) is 0 Å². The van der Waals surface area contributed by atoms with Gasteiger partial charge in [-0.15, -0.1) is 0 Å². The molecule has 0 saturated heterocycles. The van der Waals surface area contributed by atoms with Crippen molar-refractivity contribution >= 4 is 0 Å². The molecule has 0 bridgehead atoms. The molecule has 0 aliphatic heterocycles. The van der Waals surface area contributed by atoms with Gasteiger partial charge in [0.15, 0.2) is 5.82 Å². The Morgan fingerprint density at radius 1 is 0.900 bits per heavy atom. The normalized spacial score (nSPS) is 10.2. The maximum Gasteiger partial charge on any atom is 0.163 e. The zero-order chi connectivity index (χ0) is 13.8. The minimum absolute atomic E-state index is 0.602. The van der Waals surface area contributed by atoms with E-state index in [-0.39, 0.29) is 0 Å². The van der Waals surface area contributed by atoms with E-state index in [4.69, 9.17) is 4.74 Å². The number of rotatable bonds is 3. The molecule has 0 unspecified atom stereocenters. The molecule has 2 aromatic heterocycles. The van der Waals surface area contributed by atoms with E-state index >= 15 is 0 Å². The smallest absolute Gasteiger partial charge is 0.163 e. The maximum atomic E-state index is 5.34. The van der Waals surface area contributed by atoms with Crippen molar-refractivity contribution in [1.29, 1.82) is 0 Å². The van der Waals surface area contributed by atoms with Crippen LogP contribution in [0.25, 0.3) is 22.8 Å². The third-order valence-electron chi connectivity index (χ3n) is 2.83. The lowest BCUT2D eigenvalue weighted by molar-refractivity contribution is 0.416. The molecule has 5 nitrogen and oxygen atoms in total. The van der Waals surface area contributed by atoms with Crippen LogP contribution in [-0.4, -0.2) is 27.0 Å². The number of aromatic nitrogens is 4. The summed E-state index contributed by atoms with van der Waals surface area (Å²) in [5.74, 6) is 1.34. The first-order valence-corrected chi connectivity index (χ1v) is 6.11. The molecule has 3 rings (SSSR count). The Balaban J connectivity index is 2.08. The Hall–Kier alpha value is -2.82. The van der Waals surface area contributed by atoms with Gasteiger partial charge in [-0.25, -0.2) is 9.97 Å². The van der Waals surface area contributed by atoms with Crippen LogP contribution < -0.4 is 4.74 Å². The minimum Gasteiger partial charge on any atom is -0.496 e. The average molecular weight is 264 g/mol. The molecular formula is C15H12N4O. The summed E-state index contributed by atoms with van der Waals surface area (Å²) in [6, 6.07) is 9.45. The molecule has 0 aliphatic rings. The van der Waals surface area contributed by atoms with Gasteiger partial charge in [0.1, 0.15) is 11.4 Å². The van der Waals surface area contributed by atoms with E-state index in [2.05, 4.69) is 19.9 Å². The Morgan fingerprint density at radius 2 is 1.80 bits per heavy atom. The van der Waals surface area contributed by atoms with Crippen molar-refractivity contribution in [3.05, 3.63) is 55.1 Å². The highest BCUT2D eigenvalue weighted by molar-refractivity contribution is 5.66. The fraction of sp³-hybridized carbons (Fsp3) is 0.0667. The highest BCUT2D eigenvalue weighted by Gasteiger charge is 2.09. The van der Waals surface area contributed by atoms with E-state index in [1.54, 1.807) is 31.9 Å². The summed E-state index contributed by atoms with van der Waals surface area (Å²) in [4.78, 5) is 17.1. The molecule has 0 N–H and O–H groups in total. The van der Waals surface area contributed by atoms with Crippen molar-refractivity contribution in [1.82, 2.24) is 19.9 Å². The molecule has 0 fully saturated rings. The number of para-hydroxylation sites is 1. The lowest BCUT2D eigenvalue weighted by Gasteiger charge is -2.07. The summed E-state index contributed by atoms with van der Waals surface area (Å²) < 4.78 is 5.34. The van der Waals surface area contributed by atoms with Gasteiger partial charge in [-0.1, -0.05) is 12.1 Å². The molecule has 0 amide bonds. The molecule has 0 saturated carbocycles. The fourth-order valence-electron chi connectivity index (χ4n) is 1.89. The molecular weight excluding hydrogens is 252 g/mol. The molecule has 0 aliphatic carbocycles. The first-order valence-electron chi connectivity index (χ1n) is 6.11. The number of hydrogen-bond donors (Lipinski definition) is 0. The predicted octanol–water partition coefficient (Wildman–Crippen LogP) is 2.61. The minimum atomic E-state index is 0.602. The van der Waals surface area contributed by atoms with Crippen LogP contribution in [0.15, 0.2) is 55.1 Å². The number of hydrogen-bond acceptors (Lipinski definition) is 5. The second kappa shape index (κ2) is 5.44. The molecule has 5 heteroatoms. The molecule has 20 heavy (non-hydrogen) atoms. The van der Waals surface area contributed by atoms with Crippen molar-refractivity contribution in [2.24, 2.45) is 0 Å². The highest BCUT2D eigenvalue weighted by atomic mass is 16.5. The van der Waals surface area contributed by atoms with Gasteiger partial charge >= 0.3 is 0 Å². The maximum absolute atomic E-state index is 5.34. The summed E-state index contributed by atoms with van der Waals surface area (Å²) in [7, 11) is 1.63. The van der Waals surface area contributed by atoms with E-state index < -0.39 is 0 Å². The Labute approximate surface area is 116 Å². The van der Waals surface area contributed by atoms with E-state index in [0.29, 0.717) is 11.5 Å². The van der Waals surface area contributed by atoms with Crippen LogP contribution in [0.5, 0.6) is 5.75 Å². The standard InChI is InChI=1S/C15H12N4O/c1-20-14-5-3-2-4-11(14)15-18-7-6-12(19-15)13-10-16-8-9-17-13/h2-10H,1H3. The predicted molar refractivity (Wildman–Crippen MR) is 75.0 cm³/mol. The molecule has 1 aromatic carbocycles. The topological polar surface area (TPSA) is 60.8 Å². The Morgan fingerprint density at radius 3 is 2.60 bits per heavy atom. The van der Waals surface area contributed by atoms with E-state index in [9.17, 15) is 0 Å². The summed E-state index contributed by atoms with van der Waals surface area (Å²) in [6.45, 7) is 0. The van der Waals surface area contributed by atoms with Crippen LogP contribution in [0.1, 0.15) is 0 Å². The van der Waals surface area contributed by atoms with Crippen molar-refractivity contribution in [2.75, 3.05) is 7.11 Å². The SMILES string of the molecule is COc1ccccc1-c1nccc(-c2cnccn2)n1. The van der Waals surface area contributed by atoms with Crippen LogP contribution in [0.2, 0.25) is 0 Å². The first kappa shape index (κ1) is 12.2. The van der Waals surface area contributed by atoms with Crippen LogP contribution in [0.3, 0.4) is 0 Å². The molecule has 0 atom stereocenters. The van der Waals surface area contributed by atoms with Gasteiger partial charge in [0.2, 0.25) is 0 Å². The van der Waals surface area contributed by atoms with Gasteiger partial charge < -0.3 is 4.74 Å². The number of ether oxygens (including phenoxy) is 1. The highest BCUT2D eigenvalue weighted by Crippen LogP contribution is 2.27. The second-order valence-corrected chi connectivity index (χ2v) is 4.06. The zero-order valence-corrected chi connectivity index (χ0v) is 10.9. The third kappa shape index (κ3) is 2.33. The van der Waals surface area contributed by atoms with Crippen LogP contribution >= 0.6 is 0 Å². The third-order valence-corrected chi connectivity index (χ3v) is 2.83. The van der Waals surface area contributed by atoms with E-state index in [1.807, 2.05) is 30.3 Å². The first-order chi connectivity index (χ1) is 9.88. The lowest BCUT2D eigenvalue weighted by atomic mass is 10.2.